The van der Waals surface area contributed by atoms with Crippen LogP contribution in [0.4, 0.5) is 10.5 Å². The Bertz CT molecular complexity index is 617. The lowest BCUT2D eigenvalue weighted by molar-refractivity contribution is 0.190. The van der Waals surface area contributed by atoms with Crippen LogP contribution in [0.1, 0.15) is 12.8 Å². The van der Waals surface area contributed by atoms with Crippen molar-refractivity contribution in [3.8, 4) is 5.88 Å². The number of ether oxygens (including phenoxy) is 1. The lowest BCUT2D eigenvalue weighted by atomic mass is 10.1. The Labute approximate surface area is 129 Å². The number of pyridine rings is 1. The third-order valence-corrected chi connectivity index (χ3v) is 4.05. The summed E-state index contributed by atoms with van der Waals surface area (Å²) in [5.41, 5.74) is 0.559. The van der Waals surface area contributed by atoms with Gasteiger partial charge in [-0.2, -0.15) is 0 Å². The molecule has 22 heavy (non-hydrogen) atoms. The molecule has 8 nitrogen and oxygen atoms in total. The molecule has 0 aliphatic carbocycles. The van der Waals surface area contributed by atoms with Crippen LogP contribution in [0, 0.1) is 0 Å². The minimum absolute atomic E-state index is 0.247. The molecule has 0 aromatic carbocycles. The molecule has 2 rings (SSSR count). The Balaban J connectivity index is 1.93. The van der Waals surface area contributed by atoms with Gasteiger partial charge in [0, 0.05) is 25.2 Å². The van der Waals surface area contributed by atoms with Crippen molar-refractivity contribution in [1.82, 2.24) is 14.6 Å². The van der Waals surface area contributed by atoms with Gasteiger partial charge in [-0.15, -0.1) is 0 Å². The zero-order valence-electron chi connectivity index (χ0n) is 12.6. The average Bonchev–Trinajstić information content (AvgIpc) is 2.46. The van der Waals surface area contributed by atoms with Crippen molar-refractivity contribution in [2.75, 3.05) is 31.8 Å². The minimum atomic E-state index is -3.27. The number of rotatable bonds is 4. The van der Waals surface area contributed by atoms with Gasteiger partial charge in [0.25, 0.3) is 0 Å². The first-order valence-corrected chi connectivity index (χ1v) is 8.80. The summed E-state index contributed by atoms with van der Waals surface area (Å²) >= 11 is 0. The van der Waals surface area contributed by atoms with Crippen LogP contribution in [0.3, 0.4) is 0 Å². The maximum atomic E-state index is 12.2. The van der Waals surface area contributed by atoms with Crippen molar-refractivity contribution in [2.24, 2.45) is 0 Å². The molecule has 1 fully saturated rings. The number of piperidine rings is 1. The van der Waals surface area contributed by atoms with E-state index in [1.54, 1.807) is 17.0 Å². The zero-order chi connectivity index (χ0) is 16.2. The van der Waals surface area contributed by atoms with Crippen molar-refractivity contribution in [3.05, 3.63) is 18.3 Å². The smallest absolute Gasteiger partial charge is 0.321 e. The van der Waals surface area contributed by atoms with Crippen molar-refractivity contribution in [3.63, 3.8) is 0 Å². The highest BCUT2D eigenvalue weighted by Gasteiger charge is 2.25. The van der Waals surface area contributed by atoms with E-state index in [-0.39, 0.29) is 12.1 Å². The topological polar surface area (TPSA) is 101 Å². The number of aromatic nitrogens is 1. The first kappa shape index (κ1) is 16.5. The molecule has 2 N–H and O–H groups in total. The maximum absolute atomic E-state index is 12.2. The van der Waals surface area contributed by atoms with Crippen LogP contribution in [0.5, 0.6) is 5.88 Å². The number of nitrogens with zero attached hydrogens (tertiary/aromatic N) is 2. The Morgan fingerprint density at radius 2 is 2.23 bits per heavy atom. The van der Waals surface area contributed by atoms with Gasteiger partial charge in [0.2, 0.25) is 15.9 Å². The fraction of sp³-hybridized carbons (Fsp3) is 0.538. The highest BCUT2D eigenvalue weighted by molar-refractivity contribution is 7.88. The SMILES string of the molecule is COc1ccc(NC(=O)N2CCC[C@H](NS(C)(=O)=O)C2)cn1. The fourth-order valence-corrected chi connectivity index (χ4v) is 3.14. The number of anilines is 1. The molecule has 1 saturated heterocycles. The van der Waals surface area contributed by atoms with Crippen LogP contribution < -0.4 is 14.8 Å². The van der Waals surface area contributed by atoms with Crippen LogP contribution in [0.15, 0.2) is 18.3 Å². The summed E-state index contributed by atoms with van der Waals surface area (Å²) in [5.74, 6) is 0.466. The molecule has 0 unspecified atom stereocenters. The molecule has 2 heterocycles. The summed E-state index contributed by atoms with van der Waals surface area (Å²) in [7, 11) is -1.75. The van der Waals surface area contributed by atoms with Gasteiger partial charge in [-0.3, -0.25) is 0 Å². The molecule has 0 spiro atoms. The molecule has 0 saturated carbocycles. The van der Waals surface area contributed by atoms with Gasteiger partial charge in [0.15, 0.2) is 0 Å². The first-order valence-electron chi connectivity index (χ1n) is 6.90. The Morgan fingerprint density at radius 1 is 1.45 bits per heavy atom. The van der Waals surface area contributed by atoms with E-state index < -0.39 is 10.0 Å². The highest BCUT2D eigenvalue weighted by atomic mass is 32.2. The molecule has 1 aliphatic heterocycles. The summed E-state index contributed by atoms with van der Waals surface area (Å²) in [4.78, 5) is 17.8. The second kappa shape index (κ2) is 6.93. The van der Waals surface area contributed by atoms with Crippen molar-refractivity contribution in [1.29, 1.82) is 0 Å². The van der Waals surface area contributed by atoms with Gasteiger partial charge < -0.3 is 15.0 Å². The van der Waals surface area contributed by atoms with E-state index in [0.29, 0.717) is 24.7 Å². The van der Waals surface area contributed by atoms with Crippen LogP contribution in [0.2, 0.25) is 0 Å². The molecule has 9 heteroatoms. The number of methoxy groups -OCH3 is 1. The summed E-state index contributed by atoms with van der Waals surface area (Å²) in [6.07, 6.45) is 4.10. The van der Waals surface area contributed by atoms with Crippen molar-refractivity contribution < 1.29 is 17.9 Å². The van der Waals surface area contributed by atoms with Gasteiger partial charge in [-0.25, -0.2) is 22.9 Å². The zero-order valence-corrected chi connectivity index (χ0v) is 13.4. The molecule has 1 aliphatic rings. The van der Waals surface area contributed by atoms with Crippen LogP contribution >= 0.6 is 0 Å². The Hall–Kier alpha value is -1.87. The van der Waals surface area contributed by atoms with Crippen molar-refractivity contribution in [2.45, 2.75) is 18.9 Å². The average molecular weight is 328 g/mol. The molecule has 1 aromatic rings. The Morgan fingerprint density at radius 3 is 2.82 bits per heavy atom. The van der Waals surface area contributed by atoms with E-state index in [0.717, 1.165) is 19.1 Å². The Kier molecular flexibility index (Phi) is 5.19. The third-order valence-electron chi connectivity index (χ3n) is 3.29. The molecule has 1 aromatic heterocycles. The number of urea groups is 1. The van der Waals surface area contributed by atoms with Crippen molar-refractivity contribution >= 4 is 21.7 Å². The summed E-state index contributed by atoms with van der Waals surface area (Å²) < 4.78 is 30.0. The van der Waals surface area contributed by atoms with E-state index in [2.05, 4.69) is 15.0 Å². The largest absolute Gasteiger partial charge is 0.481 e. The molecule has 0 bridgehead atoms. The van der Waals surface area contributed by atoms with Gasteiger partial charge in [-0.05, 0) is 18.9 Å². The lowest BCUT2D eigenvalue weighted by Gasteiger charge is -2.32. The molecule has 0 radical (unpaired) electrons. The van der Waals surface area contributed by atoms with Gasteiger partial charge in [0.05, 0.1) is 25.2 Å². The molecule has 2 amide bonds. The van der Waals surface area contributed by atoms with E-state index >= 15 is 0 Å². The molecular weight excluding hydrogens is 308 g/mol. The lowest BCUT2D eigenvalue weighted by Crippen LogP contribution is -2.50. The second-order valence-corrected chi connectivity index (χ2v) is 6.97. The minimum Gasteiger partial charge on any atom is -0.481 e. The quantitative estimate of drug-likeness (QED) is 0.844. The predicted molar refractivity (Wildman–Crippen MR) is 82.4 cm³/mol. The van der Waals surface area contributed by atoms with E-state index in [1.807, 2.05) is 0 Å². The normalized spacial score (nSPS) is 18.8. The number of carbonyl (C=O) groups is 1. The van der Waals surface area contributed by atoms with E-state index in [9.17, 15) is 13.2 Å². The highest BCUT2D eigenvalue weighted by Crippen LogP contribution is 2.15. The number of sulfonamides is 1. The van der Waals surface area contributed by atoms with Gasteiger partial charge in [0.1, 0.15) is 0 Å². The number of nitrogens with one attached hydrogen (secondary N) is 2. The second-order valence-electron chi connectivity index (χ2n) is 5.19. The summed E-state index contributed by atoms with van der Waals surface area (Å²) in [6, 6.07) is 2.83. The van der Waals surface area contributed by atoms with Gasteiger partial charge >= 0.3 is 6.03 Å². The molecule has 122 valence electrons. The summed E-state index contributed by atoms with van der Waals surface area (Å²) in [6.45, 7) is 0.944. The maximum Gasteiger partial charge on any atom is 0.321 e. The number of amides is 2. The van der Waals surface area contributed by atoms with Crippen LogP contribution in [-0.4, -0.2) is 56.8 Å². The van der Waals surface area contributed by atoms with Crippen LogP contribution in [0.25, 0.3) is 0 Å². The molecular formula is C13H20N4O4S. The standard InChI is InChI=1S/C13H20N4O4S/c1-21-12-6-5-10(8-14-12)15-13(18)17-7-3-4-11(9-17)16-22(2,19)20/h5-6,8,11,16H,3-4,7,9H2,1-2H3,(H,15,18)/t11-/m0/s1. The third kappa shape index (κ3) is 4.85. The number of hydrogen-bond acceptors (Lipinski definition) is 5. The number of likely N-dealkylation sites (tertiary alicyclic amines) is 1. The summed E-state index contributed by atoms with van der Waals surface area (Å²) in [5, 5.41) is 2.74. The van der Waals surface area contributed by atoms with E-state index in [4.69, 9.17) is 4.74 Å². The number of carbonyl (C=O) groups excluding carboxylic acids is 1. The number of hydrogen-bond donors (Lipinski definition) is 2. The van der Waals surface area contributed by atoms with E-state index in [1.165, 1.54) is 13.3 Å². The van der Waals surface area contributed by atoms with Crippen LogP contribution in [-0.2, 0) is 10.0 Å². The first-order chi connectivity index (χ1) is 10.4. The monoisotopic (exact) mass is 328 g/mol. The van der Waals surface area contributed by atoms with Gasteiger partial charge in [-0.1, -0.05) is 0 Å². The predicted octanol–water partition coefficient (Wildman–Crippen LogP) is 0.636. The fourth-order valence-electron chi connectivity index (χ4n) is 2.34. The molecule has 1 atom stereocenters.